The van der Waals surface area contributed by atoms with E-state index in [-0.39, 0.29) is 29.3 Å². The topological polar surface area (TPSA) is 76.4 Å². The van der Waals surface area contributed by atoms with Gasteiger partial charge in [0.05, 0.1) is 12.3 Å². The Kier molecular flexibility index (Phi) is 4.88. The number of hydrogen-bond acceptors (Lipinski definition) is 5. The highest BCUT2D eigenvalue weighted by molar-refractivity contribution is 5.95. The lowest BCUT2D eigenvalue weighted by atomic mass is 9.82. The fourth-order valence-corrected chi connectivity index (χ4v) is 4.21. The van der Waals surface area contributed by atoms with E-state index in [1.807, 2.05) is 12.1 Å². The lowest BCUT2D eigenvalue weighted by molar-refractivity contribution is -0.132. The molecule has 2 heterocycles. The van der Waals surface area contributed by atoms with Gasteiger partial charge in [-0.2, -0.15) is 5.10 Å². The van der Waals surface area contributed by atoms with Crippen molar-refractivity contribution in [1.29, 1.82) is 0 Å². The van der Waals surface area contributed by atoms with E-state index in [9.17, 15) is 15.0 Å². The fourth-order valence-electron chi connectivity index (χ4n) is 4.21. The van der Waals surface area contributed by atoms with E-state index in [1.54, 1.807) is 17.0 Å². The fraction of sp³-hybridized carbons (Fsp3) is 0.304. The monoisotopic (exact) mass is 391 g/mol. The molecule has 0 saturated carbocycles. The molecule has 6 nitrogen and oxygen atoms in total. The molecular formula is C23H25N3O3. The zero-order valence-electron chi connectivity index (χ0n) is 16.8. The van der Waals surface area contributed by atoms with Gasteiger partial charge in [-0.25, -0.2) is 0 Å². The Hall–Kier alpha value is -3.12. The van der Waals surface area contributed by atoms with E-state index in [0.29, 0.717) is 6.54 Å². The molecule has 2 aromatic carbocycles. The Balaban J connectivity index is 1.88. The number of aliphatic hydroxyl groups is 2. The van der Waals surface area contributed by atoms with Crippen LogP contribution in [-0.2, 0) is 4.79 Å². The summed E-state index contributed by atoms with van der Waals surface area (Å²) in [5.74, 6) is -0.781. The van der Waals surface area contributed by atoms with Crippen molar-refractivity contribution in [3.63, 3.8) is 0 Å². The molecule has 0 radical (unpaired) electrons. The quantitative estimate of drug-likeness (QED) is 0.844. The number of aliphatic hydroxyl groups excluding tert-OH is 2. The Bertz CT molecular complexity index is 968. The van der Waals surface area contributed by atoms with Crippen LogP contribution in [0.25, 0.3) is 0 Å². The number of benzene rings is 2. The third-order valence-corrected chi connectivity index (χ3v) is 5.60. The number of piperazine rings is 1. The summed E-state index contributed by atoms with van der Waals surface area (Å²) in [7, 11) is 1.71. The number of rotatable bonds is 3. The lowest BCUT2D eigenvalue weighted by Crippen LogP contribution is -2.55. The van der Waals surface area contributed by atoms with Gasteiger partial charge in [0.1, 0.15) is 6.10 Å². The standard InChI is InChI=1S/C23H25N3O3/c1-14-6-4-8-16(10-14)20(17-9-5-7-15(2)11-17)18-13-25(3)23(29)21-22(28)19(27)12-24-26(18)21/h4-12,18-20,27-28H,13H2,1-3H3. The molecule has 1 saturated heterocycles. The smallest absolute Gasteiger partial charge is 0.275 e. The van der Waals surface area contributed by atoms with E-state index in [2.05, 4.69) is 55.3 Å². The van der Waals surface area contributed by atoms with Crippen LogP contribution >= 0.6 is 0 Å². The maximum atomic E-state index is 12.7. The summed E-state index contributed by atoms with van der Waals surface area (Å²) in [5, 5.41) is 26.4. The first-order valence-electron chi connectivity index (χ1n) is 9.70. The van der Waals surface area contributed by atoms with Crippen molar-refractivity contribution in [2.45, 2.75) is 31.9 Å². The Morgan fingerprint density at radius 1 is 1.07 bits per heavy atom. The van der Waals surface area contributed by atoms with Crippen LogP contribution in [0.4, 0.5) is 0 Å². The van der Waals surface area contributed by atoms with Gasteiger partial charge in [-0.15, -0.1) is 0 Å². The summed E-state index contributed by atoms with van der Waals surface area (Å²) in [5.41, 5.74) is 4.57. The second kappa shape index (κ2) is 7.37. The summed E-state index contributed by atoms with van der Waals surface area (Å²) in [6.07, 6.45) is 0.00212. The Labute approximate surface area is 170 Å². The first-order chi connectivity index (χ1) is 13.9. The van der Waals surface area contributed by atoms with Gasteiger partial charge in [-0.3, -0.25) is 9.80 Å². The molecular weight excluding hydrogens is 366 g/mol. The van der Waals surface area contributed by atoms with Crippen LogP contribution in [0.2, 0.25) is 0 Å². The number of aryl methyl sites for hydroxylation is 2. The number of carbonyl (C=O) groups is 1. The van der Waals surface area contributed by atoms with E-state index < -0.39 is 6.10 Å². The third kappa shape index (κ3) is 3.40. The van der Waals surface area contributed by atoms with Crippen LogP contribution in [0.15, 0.2) is 65.1 Å². The molecule has 4 rings (SSSR count). The Morgan fingerprint density at radius 2 is 1.66 bits per heavy atom. The average Bonchev–Trinajstić information content (AvgIpc) is 2.68. The molecule has 2 aliphatic rings. The van der Waals surface area contributed by atoms with Gasteiger partial charge >= 0.3 is 0 Å². The maximum absolute atomic E-state index is 12.7. The number of nitrogens with zero attached hydrogens (tertiary/aromatic N) is 3. The molecule has 2 atom stereocenters. The minimum absolute atomic E-state index is 0.0454. The normalized spacial score (nSPS) is 21.8. The van der Waals surface area contributed by atoms with Gasteiger partial charge in [-0.05, 0) is 25.0 Å². The zero-order chi connectivity index (χ0) is 20.7. The third-order valence-electron chi connectivity index (χ3n) is 5.60. The highest BCUT2D eigenvalue weighted by atomic mass is 16.3. The number of fused-ring (bicyclic) bond motifs is 1. The van der Waals surface area contributed by atoms with Crippen molar-refractivity contribution in [2.24, 2.45) is 5.10 Å². The predicted molar refractivity (Wildman–Crippen MR) is 112 cm³/mol. The van der Waals surface area contributed by atoms with Crippen molar-refractivity contribution in [3.8, 4) is 0 Å². The highest BCUT2D eigenvalue weighted by Gasteiger charge is 2.44. The van der Waals surface area contributed by atoms with Gasteiger partial charge in [0.25, 0.3) is 5.91 Å². The van der Waals surface area contributed by atoms with Crippen molar-refractivity contribution >= 4 is 12.1 Å². The SMILES string of the molecule is Cc1cccc(C(c2cccc(C)c2)C2CN(C)C(=O)C3=C(O)C(O)C=NN32)c1. The van der Waals surface area contributed by atoms with E-state index in [4.69, 9.17) is 0 Å². The number of amides is 1. The van der Waals surface area contributed by atoms with Gasteiger partial charge in [0.2, 0.25) is 0 Å². The van der Waals surface area contributed by atoms with Gasteiger partial charge < -0.3 is 15.1 Å². The average molecular weight is 391 g/mol. The molecule has 2 aromatic rings. The molecule has 6 heteroatoms. The van der Waals surface area contributed by atoms with Crippen LogP contribution in [-0.4, -0.2) is 58.0 Å². The number of likely N-dealkylation sites (N-methyl/N-ethyl adjacent to an activating group) is 1. The molecule has 1 fully saturated rings. The minimum atomic E-state index is -1.27. The molecule has 2 aliphatic heterocycles. The molecule has 2 N–H and O–H groups in total. The maximum Gasteiger partial charge on any atom is 0.275 e. The summed E-state index contributed by atoms with van der Waals surface area (Å²) < 4.78 is 0. The zero-order valence-corrected chi connectivity index (χ0v) is 16.8. The molecule has 0 aromatic heterocycles. The predicted octanol–water partition coefficient (Wildman–Crippen LogP) is 2.71. The second-order valence-electron chi connectivity index (χ2n) is 7.85. The number of hydrazone groups is 1. The van der Waals surface area contributed by atoms with Gasteiger partial charge in [-0.1, -0.05) is 59.7 Å². The summed E-state index contributed by atoms with van der Waals surface area (Å²) in [6, 6.07) is 16.4. The largest absolute Gasteiger partial charge is 0.507 e. The van der Waals surface area contributed by atoms with Crippen LogP contribution in [0.3, 0.4) is 0 Å². The molecule has 29 heavy (non-hydrogen) atoms. The van der Waals surface area contributed by atoms with Crippen molar-refractivity contribution in [2.75, 3.05) is 13.6 Å². The highest BCUT2D eigenvalue weighted by Crippen LogP contribution is 2.38. The van der Waals surface area contributed by atoms with Crippen molar-refractivity contribution in [3.05, 3.63) is 82.2 Å². The number of hydrogen-bond donors (Lipinski definition) is 2. The molecule has 2 unspecified atom stereocenters. The van der Waals surface area contributed by atoms with Crippen molar-refractivity contribution in [1.82, 2.24) is 9.91 Å². The summed E-state index contributed by atoms with van der Waals surface area (Å²) >= 11 is 0. The molecule has 0 bridgehead atoms. The second-order valence-corrected chi connectivity index (χ2v) is 7.85. The molecule has 0 spiro atoms. The van der Waals surface area contributed by atoms with E-state index >= 15 is 0 Å². The summed E-state index contributed by atoms with van der Waals surface area (Å²) in [4.78, 5) is 14.3. The van der Waals surface area contributed by atoms with Crippen LogP contribution in [0.5, 0.6) is 0 Å². The van der Waals surface area contributed by atoms with Crippen LogP contribution in [0, 0.1) is 13.8 Å². The first-order valence-corrected chi connectivity index (χ1v) is 9.70. The van der Waals surface area contributed by atoms with E-state index in [0.717, 1.165) is 22.3 Å². The van der Waals surface area contributed by atoms with Crippen molar-refractivity contribution < 1.29 is 15.0 Å². The van der Waals surface area contributed by atoms with Crippen LogP contribution < -0.4 is 0 Å². The van der Waals surface area contributed by atoms with Gasteiger partial charge in [0, 0.05) is 19.5 Å². The summed E-state index contributed by atoms with van der Waals surface area (Å²) in [6.45, 7) is 4.55. The Morgan fingerprint density at radius 3 is 2.21 bits per heavy atom. The lowest BCUT2D eigenvalue weighted by Gasteiger charge is -2.44. The molecule has 150 valence electrons. The first kappa shape index (κ1) is 19.2. The number of carbonyl (C=O) groups excluding carboxylic acids is 1. The van der Waals surface area contributed by atoms with Crippen LogP contribution in [0.1, 0.15) is 28.2 Å². The van der Waals surface area contributed by atoms with Gasteiger partial charge in [0.15, 0.2) is 11.5 Å². The molecule has 0 aliphatic carbocycles. The minimum Gasteiger partial charge on any atom is -0.507 e. The molecule has 1 amide bonds. The van der Waals surface area contributed by atoms with E-state index in [1.165, 1.54) is 6.21 Å².